The van der Waals surface area contributed by atoms with E-state index < -0.39 is 5.82 Å². The highest BCUT2D eigenvalue weighted by molar-refractivity contribution is 9.10. The van der Waals surface area contributed by atoms with Crippen molar-refractivity contribution in [3.63, 3.8) is 0 Å². The van der Waals surface area contributed by atoms with E-state index in [2.05, 4.69) is 31.9 Å². The van der Waals surface area contributed by atoms with E-state index in [1.807, 2.05) is 25.1 Å². The molecule has 2 aromatic carbocycles. The van der Waals surface area contributed by atoms with E-state index in [4.69, 9.17) is 10.5 Å². The van der Waals surface area contributed by atoms with E-state index in [-0.39, 0.29) is 0 Å². The van der Waals surface area contributed by atoms with Gasteiger partial charge in [-0.1, -0.05) is 22.0 Å². The van der Waals surface area contributed by atoms with Gasteiger partial charge in [0.25, 0.3) is 0 Å². The normalized spacial score (nSPS) is 10.4. The maximum Gasteiger partial charge on any atom is 0.153 e. The van der Waals surface area contributed by atoms with Crippen molar-refractivity contribution >= 4 is 37.5 Å². The van der Waals surface area contributed by atoms with Gasteiger partial charge in [0, 0.05) is 10.5 Å². The van der Waals surface area contributed by atoms with E-state index in [1.54, 1.807) is 0 Å². The molecule has 0 heterocycles. The van der Waals surface area contributed by atoms with E-state index in [0.717, 1.165) is 10.0 Å². The molecule has 0 radical (unpaired) electrons. The van der Waals surface area contributed by atoms with Gasteiger partial charge in [0.05, 0.1) is 10.2 Å². The lowest BCUT2D eigenvalue weighted by Gasteiger charge is -2.11. The number of anilines is 1. The number of benzene rings is 2. The topological polar surface area (TPSA) is 35.2 Å². The lowest BCUT2D eigenvalue weighted by atomic mass is 10.2. The molecule has 2 nitrogen and oxygen atoms in total. The number of rotatable bonds is 2. The minimum absolute atomic E-state index is 0.303. The first-order valence-electron chi connectivity index (χ1n) is 5.16. The van der Waals surface area contributed by atoms with E-state index in [0.29, 0.717) is 21.7 Å². The first-order chi connectivity index (χ1) is 8.47. The molecule has 2 aromatic rings. The van der Waals surface area contributed by atoms with Crippen LogP contribution in [-0.4, -0.2) is 0 Å². The highest BCUT2D eigenvalue weighted by Gasteiger charge is 2.09. The third-order valence-electron chi connectivity index (χ3n) is 2.42. The van der Waals surface area contributed by atoms with Crippen molar-refractivity contribution in [2.45, 2.75) is 6.92 Å². The average molecular weight is 375 g/mol. The van der Waals surface area contributed by atoms with Crippen molar-refractivity contribution in [3.8, 4) is 11.5 Å². The molecule has 0 saturated carbocycles. The highest BCUT2D eigenvalue weighted by atomic mass is 79.9. The van der Waals surface area contributed by atoms with Gasteiger partial charge in [-0.2, -0.15) is 0 Å². The predicted octanol–water partition coefficient (Wildman–Crippen LogP) is 5.03. The van der Waals surface area contributed by atoms with Crippen molar-refractivity contribution in [3.05, 3.63) is 50.7 Å². The number of ether oxygens (including phenoxy) is 1. The summed E-state index contributed by atoms with van der Waals surface area (Å²) in [7, 11) is 0. The Hall–Kier alpha value is -1.07. The van der Waals surface area contributed by atoms with Gasteiger partial charge in [-0.25, -0.2) is 4.39 Å². The first-order valence-corrected chi connectivity index (χ1v) is 6.74. The summed E-state index contributed by atoms with van der Waals surface area (Å²) >= 11 is 6.44. The fourth-order valence-electron chi connectivity index (χ4n) is 1.43. The number of halogens is 3. The molecule has 0 unspecified atom stereocenters. The van der Waals surface area contributed by atoms with Gasteiger partial charge in [-0.05, 0) is 46.6 Å². The maximum absolute atomic E-state index is 13.5. The summed E-state index contributed by atoms with van der Waals surface area (Å²) in [5.41, 5.74) is 7.12. The molecule has 18 heavy (non-hydrogen) atoms. The van der Waals surface area contributed by atoms with Crippen LogP contribution < -0.4 is 10.5 Å². The molecule has 0 atom stereocenters. The van der Waals surface area contributed by atoms with Gasteiger partial charge in [-0.15, -0.1) is 0 Å². The third-order valence-corrected chi connectivity index (χ3v) is 3.52. The van der Waals surface area contributed by atoms with E-state index >= 15 is 0 Å². The number of hydrogen-bond donors (Lipinski definition) is 1. The zero-order chi connectivity index (χ0) is 13.3. The van der Waals surface area contributed by atoms with Crippen LogP contribution >= 0.6 is 31.9 Å². The van der Waals surface area contributed by atoms with Gasteiger partial charge in [0.15, 0.2) is 5.75 Å². The molecule has 0 bridgehead atoms. The molecule has 0 spiro atoms. The Balaban J connectivity index is 2.40. The Kier molecular flexibility index (Phi) is 3.92. The molecule has 0 aromatic heterocycles. The zero-order valence-electron chi connectivity index (χ0n) is 9.51. The molecule has 0 fully saturated rings. The Bertz CT molecular complexity index is 602. The smallest absolute Gasteiger partial charge is 0.153 e. The van der Waals surface area contributed by atoms with Crippen LogP contribution in [0.1, 0.15) is 5.56 Å². The molecular weight excluding hydrogens is 365 g/mol. The quantitative estimate of drug-likeness (QED) is 0.748. The molecule has 0 aliphatic heterocycles. The van der Waals surface area contributed by atoms with Crippen molar-refractivity contribution in [1.82, 2.24) is 0 Å². The highest BCUT2D eigenvalue weighted by Crippen LogP contribution is 2.34. The van der Waals surface area contributed by atoms with E-state index in [1.165, 1.54) is 12.1 Å². The summed E-state index contributed by atoms with van der Waals surface area (Å²) in [5.74, 6) is 0.529. The van der Waals surface area contributed by atoms with Crippen LogP contribution in [0, 0.1) is 12.7 Å². The van der Waals surface area contributed by atoms with Crippen LogP contribution in [0.25, 0.3) is 0 Å². The second-order valence-electron chi connectivity index (χ2n) is 3.82. The third kappa shape index (κ3) is 2.84. The molecule has 0 aliphatic rings. The number of aryl methyl sites for hydroxylation is 1. The van der Waals surface area contributed by atoms with Crippen LogP contribution in [0.15, 0.2) is 39.3 Å². The number of hydrogen-bond acceptors (Lipinski definition) is 2. The molecule has 0 aliphatic carbocycles. The molecule has 2 N–H and O–H groups in total. The van der Waals surface area contributed by atoms with Crippen molar-refractivity contribution in [2.24, 2.45) is 0 Å². The number of nitrogens with two attached hydrogens (primary N) is 1. The Morgan fingerprint density at radius 2 is 1.83 bits per heavy atom. The van der Waals surface area contributed by atoms with Crippen LogP contribution in [0.4, 0.5) is 10.1 Å². The maximum atomic E-state index is 13.5. The molecular formula is C13H10Br2FNO. The van der Waals surface area contributed by atoms with Gasteiger partial charge in [-0.3, -0.25) is 0 Å². The largest absolute Gasteiger partial charge is 0.455 e. The average Bonchev–Trinajstić information content (AvgIpc) is 2.30. The molecule has 5 heteroatoms. The minimum Gasteiger partial charge on any atom is -0.455 e. The van der Waals surface area contributed by atoms with Crippen LogP contribution in [0.3, 0.4) is 0 Å². The lowest BCUT2D eigenvalue weighted by Crippen LogP contribution is -1.95. The Labute approximate surface area is 121 Å². The van der Waals surface area contributed by atoms with Gasteiger partial charge in [0.1, 0.15) is 11.6 Å². The van der Waals surface area contributed by atoms with Crippen LogP contribution in [0.2, 0.25) is 0 Å². The fraction of sp³-hybridized carbons (Fsp3) is 0.0769. The zero-order valence-corrected chi connectivity index (χ0v) is 12.7. The van der Waals surface area contributed by atoms with Crippen molar-refractivity contribution < 1.29 is 9.13 Å². The molecule has 94 valence electrons. The van der Waals surface area contributed by atoms with Crippen molar-refractivity contribution in [2.75, 3.05) is 5.73 Å². The molecule has 0 amide bonds. The van der Waals surface area contributed by atoms with Crippen molar-refractivity contribution in [1.29, 1.82) is 0 Å². The summed E-state index contributed by atoms with van der Waals surface area (Å²) in [5, 5.41) is 0. The predicted molar refractivity (Wildman–Crippen MR) is 77.5 cm³/mol. The summed E-state index contributed by atoms with van der Waals surface area (Å²) in [6.07, 6.45) is 0. The Morgan fingerprint density at radius 1 is 1.11 bits per heavy atom. The summed E-state index contributed by atoms with van der Waals surface area (Å²) in [6, 6.07) is 8.38. The Morgan fingerprint density at radius 3 is 2.56 bits per heavy atom. The number of nitrogen functional groups attached to an aromatic ring is 1. The standard InChI is InChI=1S/C13H10Br2FNO/c1-7-2-3-8(14)4-12(7)18-13-6-10(16)9(15)5-11(13)17/h2-6H,17H2,1H3. The minimum atomic E-state index is -0.410. The molecule has 0 saturated heterocycles. The van der Waals surface area contributed by atoms with Gasteiger partial charge >= 0.3 is 0 Å². The second-order valence-corrected chi connectivity index (χ2v) is 5.59. The first kappa shape index (κ1) is 13.4. The van der Waals surface area contributed by atoms with Gasteiger partial charge in [0.2, 0.25) is 0 Å². The monoisotopic (exact) mass is 373 g/mol. The summed E-state index contributed by atoms with van der Waals surface area (Å²) < 4.78 is 20.3. The van der Waals surface area contributed by atoms with E-state index in [9.17, 15) is 4.39 Å². The lowest BCUT2D eigenvalue weighted by molar-refractivity contribution is 0.475. The second kappa shape index (κ2) is 5.28. The summed E-state index contributed by atoms with van der Waals surface area (Å²) in [6.45, 7) is 1.91. The van der Waals surface area contributed by atoms with Crippen LogP contribution in [0.5, 0.6) is 11.5 Å². The van der Waals surface area contributed by atoms with Gasteiger partial charge < -0.3 is 10.5 Å². The SMILES string of the molecule is Cc1ccc(Br)cc1Oc1cc(F)c(Br)cc1N. The molecule has 2 rings (SSSR count). The fourth-order valence-corrected chi connectivity index (χ4v) is 2.14. The van der Waals surface area contributed by atoms with Crippen LogP contribution in [-0.2, 0) is 0 Å². The summed E-state index contributed by atoms with van der Waals surface area (Å²) in [4.78, 5) is 0.